The Morgan fingerprint density at radius 3 is 2.53 bits per heavy atom. The quantitative estimate of drug-likeness (QED) is 0.727. The van der Waals surface area contributed by atoms with Gasteiger partial charge in [0.05, 0.1) is 7.11 Å². The number of methoxy groups -OCH3 is 1. The molecule has 0 saturated heterocycles. The van der Waals surface area contributed by atoms with Crippen molar-refractivity contribution < 1.29 is 9.53 Å². The maximum absolute atomic E-state index is 12.1. The Morgan fingerprint density at radius 1 is 1.12 bits per heavy atom. The monoisotopic (exact) mass is 230 g/mol. The molecule has 1 aliphatic carbocycles. The van der Waals surface area contributed by atoms with Crippen LogP contribution in [0.2, 0.25) is 0 Å². The van der Waals surface area contributed by atoms with E-state index in [0.29, 0.717) is 12.2 Å². The average Bonchev–Trinajstić information content (AvgIpc) is 2.35. The number of benzene rings is 1. The summed E-state index contributed by atoms with van der Waals surface area (Å²) in [5.74, 6) is 1.26. The lowest BCUT2D eigenvalue weighted by Crippen LogP contribution is -2.13. The largest absolute Gasteiger partial charge is 0.497 e. The van der Waals surface area contributed by atoms with Gasteiger partial charge in [0, 0.05) is 12.3 Å². The number of allylic oxidation sites excluding steroid dienone is 2. The molecule has 2 nitrogen and oxygen atoms in total. The van der Waals surface area contributed by atoms with Gasteiger partial charge in [-0.05, 0) is 37.0 Å². The van der Waals surface area contributed by atoms with Crippen LogP contribution in [0.5, 0.6) is 5.75 Å². The SMILES string of the molecule is COc1ccc(C2CC/C=C\CCC2=O)cc1. The Hall–Kier alpha value is -1.57. The highest BCUT2D eigenvalue weighted by atomic mass is 16.5. The van der Waals surface area contributed by atoms with Crippen molar-refractivity contribution in [2.45, 2.75) is 31.6 Å². The van der Waals surface area contributed by atoms with Crippen molar-refractivity contribution in [1.29, 1.82) is 0 Å². The second kappa shape index (κ2) is 5.67. The van der Waals surface area contributed by atoms with Crippen molar-refractivity contribution in [2.24, 2.45) is 0 Å². The summed E-state index contributed by atoms with van der Waals surface area (Å²) in [4.78, 5) is 12.1. The smallest absolute Gasteiger partial charge is 0.140 e. The van der Waals surface area contributed by atoms with Crippen molar-refractivity contribution in [2.75, 3.05) is 7.11 Å². The first-order valence-corrected chi connectivity index (χ1v) is 6.13. The number of Topliss-reactive ketones (excluding diaryl/α,β-unsaturated/α-hetero) is 1. The molecule has 0 N–H and O–H groups in total. The molecule has 2 rings (SSSR count). The van der Waals surface area contributed by atoms with Gasteiger partial charge in [0.2, 0.25) is 0 Å². The van der Waals surface area contributed by atoms with Gasteiger partial charge in [0.25, 0.3) is 0 Å². The maximum atomic E-state index is 12.1. The summed E-state index contributed by atoms with van der Waals surface area (Å²) in [7, 11) is 1.65. The van der Waals surface area contributed by atoms with Gasteiger partial charge in [-0.3, -0.25) is 4.79 Å². The number of rotatable bonds is 2. The minimum absolute atomic E-state index is 0.0610. The fraction of sp³-hybridized carbons (Fsp3) is 0.400. The van der Waals surface area contributed by atoms with Crippen LogP contribution in [0, 0.1) is 0 Å². The zero-order chi connectivity index (χ0) is 12.1. The molecule has 0 fully saturated rings. The highest BCUT2D eigenvalue weighted by Gasteiger charge is 2.20. The third kappa shape index (κ3) is 2.96. The molecule has 0 aromatic heterocycles. The Bertz CT molecular complexity index is 403. The van der Waals surface area contributed by atoms with Crippen LogP contribution in [0.4, 0.5) is 0 Å². The molecule has 0 amide bonds. The van der Waals surface area contributed by atoms with E-state index in [9.17, 15) is 4.79 Å². The minimum atomic E-state index is 0.0610. The van der Waals surface area contributed by atoms with E-state index in [1.807, 2.05) is 24.3 Å². The van der Waals surface area contributed by atoms with Gasteiger partial charge in [-0.15, -0.1) is 0 Å². The molecule has 1 aromatic carbocycles. The normalized spacial score (nSPS) is 22.6. The number of carbonyl (C=O) groups is 1. The van der Waals surface area contributed by atoms with Crippen LogP contribution in [-0.2, 0) is 4.79 Å². The van der Waals surface area contributed by atoms with Crippen LogP contribution in [0.15, 0.2) is 36.4 Å². The van der Waals surface area contributed by atoms with Crippen LogP contribution in [0.25, 0.3) is 0 Å². The molecule has 1 atom stereocenters. The molecule has 0 spiro atoms. The van der Waals surface area contributed by atoms with E-state index in [4.69, 9.17) is 4.74 Å². The van der Waals surface area contributed by atoms with E-state index in [1.165, 1.54) is 0 Å². The summed E-state index contributed by atoms with van der Waals surface area (Å²) in [5.41, 5.74) is 1.12. The van der Waals surface area contributed by atoms with Gasteiger partial charge in [-0.1, -0.05) is 24.3 Å². The van der Waals surface area contributed by atoms with Gasteiger partial charge < -0.3 is 4.74 Å². The first kappa shape index (κ1) is 11.9. The predicted molar refractivity (Wildman–Crippen MR) is 68.4 cm³/mol. The molecule has 1 aromatic rings. The summed E-state index contributed by atoms with van der Waals surface area (Å²) >= 11 is 0. The van der Waals surface area contributed by atoms with E-state index in [1.54, 1.807) is 7.11 Å². The average molecular weight is 230 g/mol. The molecular formula is C15H18O2. The molecular weight excluding hydrogens is 212 g/mol. The number of ether oxygens (including phenoxy) is 1. The van der Waals surface area contributed by atoms with Crippen LogP contribution in [0.3, 0.4) is 0 Å². The predicted octanol–water partition coefficient (Wildman–Crippen LogP) is 3.48. The van der Waals surface area contributed by atoms with Crippen molar-refractivity contribution in [3.05, 3.63) is 42.0 Å². The number of ketones is 1. The third-order valence-corrected chi connectivity index (χ3v) is 3.25. The lowest BCUT2D eigenvalue weighted by atomic mass is 9.87. The van der Waals surface area contributed by atoms with Gasteiger partial charge in [-0.2, -0.15) is 0 Å². The first-order valence-electron chi connectivity index (χ1n) is 6.13. The molecule has 0 saturated carbocycles. The fourth-order valence-corrected chi connectivity index (χ4v) is 2.25. The summed E-state index contributed by atoms with van der Waals surface area (Å²) in [6.07, 6.45) is 7.74. The fourth-order valence-electron chi connectivity index (χ4n) is 2.25. The van der Waals surface area contributed by atoms with Crippen molar-refractivity contribution in [3.8, 4) is 5.75 Å². The number of hydrogen-bond donors (Lipinski definition) is 0. The Kier molecular flexibility index (Phi) is 3.97. The lowest BCUT2D eigenvalue weighted by molar-refractivity contribution is -0.120. The van der Waals surface area contributed by atoms with Gasteiger partial charge in [0.15, 0.2) is 0 Å². The molecule has 0 bridgehead atoms. The van der Waals surface area contributed by atoms with E-state index in [2.05, 4.69) is 12.2 Å². The van der Waals surface area contributed by atoms with Gasteiger partial charge in [0.1, 0.15) is 11.5 Å². The molecule has 17 heavy (non-hydrogen) atoms. The second-order valence-corrected chi connectivity index (χ2v) is 4.38. The molecule has 2 heteroatoms. The van der Waals surface area contributed by atoms with Crippen molar-refractivity contribution in [1.82, 2.24) is 0 Å². The summed E-state index contributed by atoms with van der Waals surface area (Å²) < 4.78 is 5.13. The Morgan fingerprint density at radius 2 is 1.82 bits per heavy atom. The van der Waals surface area contributed by atoms with Crippen LogP contribution in [-0.4, -0.2) is 12.9 Å². The Balaban J connectivity index is 2.17. The Labute approximate surface area is 102 Å². The lowest BCUT2D eigenvalue weighted by Gasteiger charge is -2.17. The zero-order valence-corrected chi connectivity index (χ0v) is 10.2. The summed E-state index contributed by atoms with van der Waals surface area (Å²) in [5, 5.41) is 0. The van der Waals surface area contributed by atoms with E-state index in [-0.39, 0.29) is 5.92 Å². The number of hydrogen-bond acceptors (Lipinski definition) is 2. The molecule has 0 heterocycles. The van der Waals surface area contributed by atoms with Gasteiger partial charge in [-0.25, -0.2) is 0 Å². The molecule has 1 unspecified atom stereocenters. The number of carbonyl (C=O) groups excluding carboxylic acids is 1. The van der Waals surface area contributed by atoms with Crippen molar-refractivity contribution >= 4 is 5.78 Å². The van der Waals surface area contributed by atoms with E-state index >= 15 is 0 Å². The third-order valence-electron chi connectivity index (χ3n) is 3.25. The summed E-state index contributed by atoms with van der Waals surface area (Å²) in [6, 6.07) is 7.87. The maximum Gasteiger partial charge on any atom is 0.140 e. The standard InChI is InChI=1S/C15H18O2/c1-17-13-10-8-12(9-11-13)14-6-4-2-3-5-7-15(14)16/h2-3,8-11,14H,4-7H2,1H3/b3-2-. The van der Waals surface area contributed by atoms with Gasteiger partial charge >= 0.3 is 0 Å². The first-order chi connectivity index (χ1) is 8.31. The molecule has 0 radical (unpaired) electrons. The molecule has 1 aliphatic rings. The zero-order valence-electron chi connectivity index (χ0n) is 10.2. The topological polar surface area (TPSA) is 26.3 Å². The highest BCUT2D eigenvalue weighted by molar-refractivity contribution is 5.86. The van der Waals surface area contributed by atoms with Crippen LogP contribution < -0.4 is 4.74 Å². The second-order valence-electron chi connectivity index (χ2n) is 4.38. The minimum Gasteiger partial charge on any atom is -0.497 e. The van der Waals surface area contributed by atoms with E-state index in [0.717, 1.165) is 30.6 Å². The van der Waals surface area contributed by atoms with E-state index < -0.39 is 0 Å². The molecule has 90 valence electrons. The van der Waals surface area contributed by atoms with Crippen LogP contribution >= 0.6 is 0 Å². The van der Waals surface area contributed by atoms with Crippen molar-refractivity contribution in [3.63, 3.8) is 0 Å². The van der Waals surface area contributed by atoms with Crippen LogP contribution in [0.1, 0.15) is 37.2 Å². The molecule has 0 aliphatic heterocycles. The summed E-state index contributed by atoms with van der Waals surface area (Å²) in [6.45, 7) is 0. The highest BCUT2D eigenvalue weighted by Crippen LogP contribution is 2.27.